The molecule has 1 aromatic carbocycles. The smallest absolute Gasteiger partial charge is 0.231 e. The van der Waals surface area contributed by atoms with Crippen LogP contribution in [0.1, 0.15) is 16.8 Å². The Morgan fingerprint density at radius 2 is 1.57 bits per heavy atom. The molecule has 0 spiro atoms. The highest BCUT2D eigenvalue weighted by Crippen LogP contribution is 1.99. The Morgan fingerprint density at radius 3 is 2.10 bits per heavy atom. The molecule has 2 aromatic rings. The van der Waals surface area contributed by atoms with Crippen molar-refractivity contribution >= 4 is 0 Å². The van der Waals surface area contributed by atoms with Gasteiger partial charge in [0.1, 0.15) is 0 Å². The van der Waals surface area contributed by atoms with Crippen LogP contribution in [0.25, 0.3) is 0 Å². The van der Waals surface area contributed by atoms with Gasteiger partial charge in [0, 0.05) is 23.8 Å². The van der Waals surface area contributed by atoms with E-state index in [0.717, 1.165) is 5.69 Å². The van der Waals surface area contributed by atoms with Crippen molar-refractivity contribution in [2.24, 2.45) is 0 Å². The van der Waals surface area contributed by atoms with Crippen LogP contribution in [0, 0.1) is 24.1 Å². The number of pyridine rings is 1. The monoisotopic (exact) mass is 313 g/mol. The van der Waals surface area contributed by atoms with Gasteiger partial charge in [-0.15, -0.1) is 10.2 Å². The third-order valence-electron chi connectivity index (χ3n) is 2.47. The summed E-state index contributed by atoms with van der Waals surface area (Å²) in [6.45, 7) is 4.71. The molecule has 0 bridgehead atoms. The van der Waals surface area contributed by atoms with Gasteiger partial charge in [-0.2, -0.15) is 0 Å². The maximum absolute atomic E-state index is 8.49. The van der Waals surface area contributed by atoms with Gasteiger partial charge in [0.15, 0.2) is 6.61 Å². The summed E-state index contributed by atoms with van der Waals surface area (Å²) in [7, 11) is -4.94. The fraction of sp³-hybridized carbons (Fsp3) is 0.214. The number of halogens is 1. The molecule has 1 aromatic heterocycles. The Labute approximate surface area is 125 Å². The van der Waals surface area contributed by atoms with E-state index >= 15 is 0 Å². The van der Waals surface area contributed by atoms with Crippen LogP contribution >= 0.6 is 0 Å². The predicted molar refractivity (Wildman–Crippen MR) is 62.8 cm³/mol. The molecule has 0 saturated carbocycles. The van der Waals surface area contributed by atoms with E-state index in [-0.39, 0.29) is 0 Å². The van der Waals surface area contributed by atoms with Crippen LogP contribution in [0.2, 0.25) is 0 Å². The Kier molecular flexibility index (Phi) is 6.54. The van der Waals surface area contributed by atoms with Gasteiger partial charge in [-0.25, -0.2) is 18.6 Å². The number of benzene rings is 1. The Morgan fingerprint density at radius 1 is 1.00 bits per heavy atom. The van der Waals surface area contributed by atoms with Gasteiger partial charge in [0.25, 0.3) is 0 Å². The third kappa shape index (κ3) is 8.23. The van der Waals surface area contributed by atoms with Crippen molar-refractivity contribution < 1.29 is 38.4 Å². The number of hydrogen-bond acceptors (Lipinski definition) is 5. The molecule has 6 nitrogen and oxygen atoms in total. The maximum Gasteiger partial charge on any atom is 0.231 e. The normalized spacial score (nSPS) is 10.6. The van der Waals surface area contributed by atoms with Crippen LogP contribution in [0.4, 0.5) is 0 Å². The molecule has 0 amide bonds. The molecule has 0 radical (unpaired) electrons. The van der Waals surface area contributed by atoms with Crippen LogP contribution in [0.15, 0.2) is 48.7 Å². The van der Waals surface area contributed by atoms with Crippen molar-refractivity contribution in [3.05, 3.63) is 65.5 Å². The van der Waals surface area contributed by atoms with Gasteiger partial charge >= 0.3 is 0 Å². The second-order valence-corrected chi connectivity index (χ2v) is 5.06. The first kappa shape index (κ1) is 17.4. The third-order valence-corrected chi connectivity index (χ3v) is 2.47. The summed E-state index contributed by atoms with van der Waals surface area (Å²) >= 11 is 0. The molecule has 0 aliphatic rings. The first-order chi connectivity index (χ1) is 9.75. The van der Waals surface area contributed by atoms with Crippen LogP contribution < -0.4 is 28.2 Å². The zero-order chi connectivity index (χ0) is 15.9. The molecule has 0 N–H and O–H groups in total. The van der Waals surface area contributed by atoms with Crippen molar-refractivity contribution in [2.45, 2.75) is 20.5 Å². The average molecular weight is 314 g/mol. The zero-order valence-electron chi connectivity index (χ0n) is 11.7. The molecule has 0 aliphatic carbocycles. The van der Waals surface area contributed by atoms with Crippen molar-refractivity contribution in [2.75, 3.05) is 0 Å². The van der Waals surface area contributed by atoms with Crippen molar-refractivity contribution in [1.29, 1.82) is 0 Å². The first-order valence-corrected chi connectivity index (χ1v) is 7.27. The van der Waals surface area contributed by atoms with E-state index in [1.165, 1.54) is 11.1 Å². The predicted octanol–water partition coefficient (Wildman–Crippen LogP) is -2.54. The molecule has 0 fully saturated rings. The molecule has 2 rings (SSSR count). The van der Waals surface area contributed by atoms with E-state index in [0.29, 0.717) is 6.61 Å². The van der Waals surface area contributed by atoms with Crippen molar-refractivity contribution in [3.8, 4) is 0 Å². The molecule has 1 heterocycles. The van der Waals surface area contributed by atoms with E-state index in [4.69, 9.17) is 23.5 Å². The molecule has 0 aliphatic heterocycles. The molecule has 0 unspecified atom stereocenters. The van der Waals surface area contributed by atoms with E-state index < -0.39 is 10.2 Å². The summed E-state index contributed by atoms with van der Waals surface area (Å²) in [5, 5.41) is 0. The van der Waals surface area contributed by atoms with Gasteiger partial charge in [0.2, 0.25) is 11.9 Å². The highest BCUT2D eigenvalue weighted by atomic mass is 35.7. The lowest BCUT2D eigenvalue weighted by atomic mass is 10.2. The summed E-state index contributed by atoms with van der Waals surface area (Å²) in [6, 6.07) is 14.3. The van der Waals surface area contributed by atoms with Gasteiger partial charge in [0.05, 0.1) is 0 Å². The minimum Gasteiger partial charge on any atom is -0.266 e. The lowest BCUT2D eigenvalue weighted by Gasteiger charge is -2.17. The Bertz CT molecular complexity index is 551. The summed E-state index contributed by atoms with van der Waals surface area (Å²) in [6.07, 6.45) is 1.95. The SMILES string of the molecule is Cc1cc[n+](OCc2ccccc2)c(C)c1.[O-][Cl+3]([O-])([O-])[O-]. The van der Waals surface area contributed by atoms with Gasteiger partial charge in [-0.1, -0.05) is 30.3 Å². The van der Waals surface area contributed by atoms with Gasteiger partial charge < -0.3 is 0 Å². The molecular weight excluding hydrogens is 298 g/mol. The number of aromatic nitrogens is 1. The van der Waals surface area contributed by atoms with Crippen LogP contribution in [0.5, 0.6) is 0 Å². The standard InChI is InChI=1S/C14H16NO.ClHO4/c1-12-8-9-15(13(2)10-12)16-11-14-6-4-3-5-7-14;2-1(3,4)5/h3-10H,11H2,1-2H3;(H,2,3,4,5)/q+1;/p-1. The Hall–Kier alpha value is -1.70. The summed E-state index contributed by atoms with van der Waals surface area (Å²) in [5.74, 6) is 0. The number of rotatable bonds is 3. The highest BCUT2D eigenvalue weighted by Gasteiger charge is 2.07. The first-order valence-electron chi connectivity index (χ1n) is 6.03. The van der Waals surface area contributed by atoms with Crippen LogP contribution in [-0.2, 0) is 6.61 Å². The maximum atomic E-state index is 8.49. The molecule has 7 heteroatoms. The number of nitrogens with zero attached hydrogens (tertiary/aromatic N) is 1. The molecule has 0 atom stereocenters. The fourth-order valence-corrected chi connectivity index (χ4v) is 1.61. The van der Waals surface area contributed by atoms with Gasteiger partial charge in [-0.3, -0.25) is 4.84 Å². The quantitative estimate of drug-likeness (QED) is 0.581. The van der Waals surface area contributed by atoms with Crippen molar-refractivity contribution in [1.82, 2.24) is 0 Å². The number of hydrogen-bond donors (Lipinski definition) is 0. The van der Waals surface area contributed by atoms with E-state index in [2.05, 4.69) is 25.1 Å². The lowest BCUT2D eigenvalue weighted by Crippen LogP contribution is -2.68. The second kappa shape index (κ2) is 7.92. The average Bonchev–Trinajstić information content (AvgIpc) is 2.37. The molecule has 114 valence electrons. The second-order valence-electron chi connectivity index (χ2n) is 4.31. The number of aryl methyl sites for hydroxylation is 2. The van der Waals surface area contributed by atoms with E-state index in [1.54, 1.807) is 4.73 Å². The summed E-state index contributed by atoms with van der Waals surface area (Å²) in [5.41, 5.74) is 3.53. The van der Waals surface area contributed by atoms with Gasteiger partial charge in [-0.05, 0) is 18.1 Å². The minimum atomic E-state index is -4.94. The lowest BCUT2D eigenvalue weighted by molar-refractivity contribution is -2.00. The van der Waals surface area contributed by atoms with Crippen LogP contribution in [0.3, 0.4) is 0 Å². The molecular formula is C14H16ClNO5. The summed E-state index contributed by atoms with van der Waals surface area (Å²) in [4.78, 5) is 5.69. The van der Waals surface area contributed by atoms with Crippen LogP contribution in [-0.4, -0.2) is 0 Å². The largest absolute Gasteiger partial charge is 0.266 e. The minimum absolute atomic E-state index is 0.593. The van der Waals surface area contributed by atoms with Crippen molar-refractivity contribution in [3.63, 3.8) is 0 Å². The fourth-order valence-electron chi connectivity index (χ4n) is 1.61. The zero-order valence-corrected chi connectivity index (χ0v) is 12.4. The molecule has 0 saturated heterocycles. The summed E-state index contributed by atoms with van der Waals surface area (Å²) < 4.78 is 35.8. The van der Waals surface area contributed by atoms with E-state index in [9.17, 15) is 0 Å². The highest BCUT2D eigenvalue weighted by molar-refractivity contribution is 5.13. The Balaban J connectivity index is 0.000000383. The topological polar surface area (TPSA) is 105 Å². The molecule has 21 heavy (non-hydrogen) atoms. The van der Waals surface area contributed by atoms with E-state index in [1.807, 2.05) is 37.4 Å².